The fourth-order valence-electron chi connectivity index (χ4n) is 3.20. The SMILES string of the molecule is Cc1cc(O)cc(OC2OC(COC3OCC(O)C(O)C3O)C(O)C(O)C2O)c1. The van der Waals surface area contributed by atoms with Crippen molar-refractivity contribution in [3.05, 3.63) is 23.8 Å². The van der Waals surface area contributed by atoms with Crippen LogP contribution in [0.3, 0.4) is 0 Å². The van der Waals surface area contributed by atoms with E-state index < -0.39 is 55.3 Å². The Bertz CT molecular complexity index is 666. The molecule has 0 aliphatic carbocycles. The van der Waals surface area contributed by atoms with E-state index in [-0.39, 0.29) is 24.7 Å². The summed E-state index contributed by atoms with van der Waals surface area (Å²) in [6.07, 6.45) is -12.8. The summed E-state index contributed by atoms with van der Waals surface area (Å²) in [5.41, 5.74) is 0.690. The molecule has 164 valence electrons. The summed E-state index contributed by atoms with van der Waals surface area (Å²) in [5, 5.41) is 69.1. The van der Waals surface area contributed by atoms with Gasteiger partial charge >= 0.3 is 0 Å². The minimum absolute atomic E-state index is 0.0602. The smallest absolute Gasteiger partial charge is 0.229 e. The van der Waals surface area contributed by atoms with Crippen molar-refractivity contribution in [2.75, 3.05) is 13.2 Å². The predicted molar refractivity (Wildman–Crippen MR) is 93.9 cm³/mol. The highest BCUT2D eigenvalue weighted by molar-refractivity contribution is 5.37. The Hall–Kier alpha value is -1.54. The van der Waals surface area contributed by atoms with Gasteiger partial charge in [0.15, 0.2) is 6.29 Å². The summed E-state index contributed by atoms with van der Waals surface area (Å²) >= 11 is 0. The molecule has 0 spiro atoms. The number of aliphatic hydroxyl groups excluding tert-OH is 6. The second-order valence-electron chi connectivity index (χ2n) is 7.22. The van der Waals surface area contributed by atoms with Crippen molar-refractivity contribution in [2.45, 2.75) is 62.2 Å². The highest BCUT2D eigenvalue weighted by Crippen LogP contribution is 2.28. The molecular weight excluding hydrogens is 392 g/mol. The molecule has 1 aromatic rings. The van der Waals surface area contributed by atoms with Crippen LogP contribution in [0.4, 0.5) is 0 Å². The summed E-state index contributed by atoms with van der Waals surface area (Å²) in [5.74, 6) is 0.118. The monoisotopic (exact) mass is 418 g/mol. The molecule has 2 saturated heterocycles. The molecule has 9 atom stereocenters. The van der Waals surface area contributed by atoms with Gasteiger partial charge in [0.2, 0.25) is 6.29 Å². The van der Waals surface area contributed by atoms with Crippen LogP contribution in [0.5, 0.6) is 11.5 Å². The Balaban J connectivity index is 1.64. The topological polar surface area (TPSA) is 179 Å². The van der Waals surface area contributed by atoms with E-state index in [1.54, 1.807) is 13.0 Å². The van der Waals surface area contributed by atoms with Crippen LogP contribution in [-0.2, 0) is 14.2 Å². The molecule has 7 N–H and O–H groups in total. The molecule has 9 unspecified atom stereocenters. The number of rotatable bonds is 5. The van der Waals surface area contributed by atoms with Gasteiger partial charge in [-0.2, -0.15) is 0 Å². The zero-order valence-electron chi connectivity index (χ0n) is 15.6. The number of hydrogen-bond acceptors (Lipinski definition) is 11. The van der Waals surface area contributed by atoms with Gasteiger partial charge in [0.05, 0.1) is 13.2 Å². The lowest BCUT2D eigenvalue weighted by Crippen LogP contribution is -2.61. The fourth-order valence-corrected chi connectivity index (χ4v) is 3.20. The predicted octanol–water partition coefficient (Wildman–Crippen LogP) is -2.66. The zero-order chi connectivity index (χ0) is 21.3. The standard InChI is InChI=1S/C18H26O11/c1-7-2-8(19)4-9(3-7)28-18-16(25)14(23)13(22)11(29-18)6-27-17-15(24)12(21)10(20)5-26-17/h2-4,10-25H,5-6H2,1H3. The first-order valence-electron chi connectivity index (χ1n) is 9.11. The van der Waals surface area contributed by atoms with E-state index in [1.165, 1.54) is 12.1 Å². The van der Waals surface area contributed by atoms with Crippen LogP contribution in [0.15, 0.2) is 18.2 Å². The van der Waals surface area contributed by atoms with Gasteiger partial charge in [-0.05, 0) is 24.6 Å². The quantitative estimate of drug-likeness (QED) is 0.265. The molecule has 1 aromatic carbocycles. The molecule has 2 heterocycles. The number of aryl methyl sites for hydroxylation is 1. The molecule has 11 heteroatoms. The Morgan fingerprint density at radius 3 is 2.28 bits per heavy atom. The van der Waals surface area contributed by atoms with Crippen molar-refractivity contribution < 1.29 is 54.7 Å². The van der Waals surface area contributed by atoms with Crippen LogP contribution in [0.25, 0.3) is 0 Å². The highest BCUT2D eigenvalue weighted by atomic mass is 16.7. The van der Waals surface area contributed by atoms with E-state index in [0.29, 0.717) is 5.56 Å². The van der Waals surface area contributed by atoms with Crippen LogP contribution in [-0.4, -0.2) is 104 Å². The Morgan fingerprint density at radius 1 is 0.897 bits per heavy atom. The van der Waals surface area contributed by atoms with Crippen molar-refractivity contribution in [3.63, 3.8) is 0 Å². The average Bonchev–Trinajstić information content (AvgIpc) is 2.66. The number of ether oxygens (including phenoxy) is 4. The zero-order valence-corrected chi connectivity index (χ0v) is 15.6. The summed E-state index contributed by atoms with van der Waals surface area (Å²) in [7, 11) is 0. The lowest BCUT2D eigenvalue weighted by atomic mass is 9.99. The van der Waals surface area contributed by atoms with Crippen LogP contribution in [0, 0.1) is 6.92 Å². The summed E-state index contributed by atoms with van der Waals surface area (Å²) in [4.78, 5) is 0. The van der Waals surface area contributed by atoms with Gasteiger partial charge in [-0.25, -0.2) is 0 Å². The number of phenolic OH excluding ortho intramolecular Hbond substituents is 1. The molecule has 0 bridgehead atoms. The molecule has 2 aliphatic heterocycles. The largest absolute Gasteiger partial charge is 0.508 e. The first kappa shape index (κ1) is 22.2. The molecule has 0 amide bonds. The summed E-state index contributed by atoms with van der Waals surface area (Å²) < 4.78 is 21.4. The third-order valence-corrected chi connectivity index (χ3v) is 4.84. The third-order valence-electron chi connectivity index (χ3n) is 4.84. The number of benzene rings is 1. The number of phenols is 1. The average molecular weight is 418 g/mol. The van der Waals surface area contributed by atoms with Crippen LogP contribution in [0.2, 0.25) is 0 Å². The maximum Gasteiger partial charge on any atom is 0.229 e. The molecule has 29 heavy (non-hydrogen) atoms. The maximum atomic E-state index is 10.2. The van der Waals surface area contributed by atoms with Crippen LogP contribution < -0.4 is 4.74 Å². The molecule has 2 fully saturated rings. The van der Waals surface area contributed by atoms with E-state index in [1.807, 2.05) is 0 Å². The van der Waals surface area contributed by atoms with Gasteiger partial charge in [0, 0.05) is 6.07 Å². The summed E-state index contributed by atoms with van der Waals surface area (Å²) in [6.45, 7) is 1.08. The first-order valence-corrected chi connectivity index (χ1v) is 9.11. The molecule has 0 radical (unpaired) electrons. The third kappa shape index (κ3) is 4.97. The molecule has 0 saturated carbocycles. The number of aliphatic hydroxyl groups is 6. The van der Waals surface area contributed by atoms with Crippen molar-refractivity contribution in [3.8, 4) is 11.5 Å². The second-order valence-corrected chi connectivity index (χ2v) is 7.22. The minimum atomic E-state index is -1.62. The van der Waals surface area contributed by atoms with Crippen molar-refractivity contribution in [1.29, 1.82) is 0 Å². The highest BCUT2D eigenvalue weighted by Gasteiger charge is 2.46. The van der Waals surface area contributed by atoms with Gasteiger partial charge in [0.25, 0.3) is 0 Å². The van der Waals surface area contributed by atoms with E-state index in [0.717, 1.165) is 0 Å². The first-order chi connectivity index (χ1) is 13.7. The van der Waals surface area contributed by atoms with Crippen LogP contribution >= 0.6 is 0 Å². The lowest BCUT2D eigenvalue weighted by molar-refractivity contribution is -0.307. The fraction of sp³-hybridized carbons (Fsp3) is 0.667. The number of hydrogen-bond donors (Lipinski definition) is 7. The van der Waals surface area contributed by atoms with Gasteiger partial charge in [-0.15, -0.1) is 0 Å². The maximum absolute atomic E-state index is 10.2. The minimum Gasteiger partial charge on any atom is -0.508 e. The summed E-state index contributed by atoms with van der Waals surface area (Å²) in [6, 6.07) is 4.38. The second kappa shape index (κ2) is 9.08. The van der Waals surface area contributed by atoms with Gasteiger partial charge in [0.1, 0.15) is 54.2 Å². The van der Waals surface area contributed by atoms with Crippen LogP contribution in [0.1, 0.15) is 5.56 Å². The van der Waals surface area contributed by atoms with Gasteiger partial charge in [-0.1, -0.05) is 0 Å². The van der Waals surface area contributed by atoms with E-state index in [9.17, 15) is 35.7 Å². The molecular formula is C18H26O11. The molecule has 3 rings (SSSR count). The van der Waals surface area contributed by atoms with Gasteiger partial charge in [-0.3, -0.25) is 0 Å². The normalized spacial score (nSPS) is 40.6. The van der Waals surface area contributed by atoms with E-state index >= 15 is 0 Å². The molecule has 2 aliphatic rings. The van der Waals surface area contributed by atoms with Crippen molar-refractivity contribution in [2.24, 2.45) is 0 Å². The lowest BCUT2D eigenvalue weighted by Gasteiger charge is -2.41. The van der Waals surface area contributed by atoms with E-state index in [2.05, 4.69) is 0 Å². The Kier molecular flexibility index (Phi) is 6.94. The molecule has 0 aromatic heterocycles. The van der Waals surface area contributed by atoms with Crippen molar-refractivity contribution in [1.82, 2.24) is 0 Å². The Morgan fingerprint density at radius 2 is 1.59 bits per heavy atom. The van der Waals surface area contributed by atoms with Gasteiger partial charge < -0.3 is 54.7 Å². The molecule has 11 nitrogen and oxygen atoms in total. The number of aromatic hydroxyl groups is 1. The Labute approximate surface area is 166 Å². The van der Waals surface area contributed by atoms with E-state index in [4.69, 9.17) is 18.9 Å². The van der Waals surface area contributed by atoms with Crippen molar-refractivity contribution >= 4 is 0 Å².